The van der Waals surface area contributed by atoms with Gasteiger partial charge in [0.15, 0.2) is 11.9 Å². The number of nitrogens with zero attached hydrogens (tertiary/aromatic N) is 1. The number of hydrogen-bond donors (Lipinski definition) is 1. The fourth-order valence-corrected chi connectivity index (χ4v) is 3.54. The van der Waals surface area contributed by atoms with Gasteiger partial charge >= 0.3 is 5.97 Å². The molecule has 1 unspecified atom stereocenters. The summed E-state index contributed by atoms with van der Waals surface area (Å²) in [6.45, 7) is 8.72. The van der Waals surface area contributed by atoms with Crippen LogP contribution < -0.4 is 0 Å². The van der Waals surface area contributed by atoms with Crippen LogP contribution in [0.4, 0.5) is 0 Å². The maximum absolute atomic E-state index is 13.0. The van der Waals surface area contributed by atoms with Gasteiger partial charge in [-0.25, -0.2) is 4.79 Å². The quantitative estimate of drug-likeness (QED) is 0.295. The van der Waals surface area contributed by atoms with Gasteiger partial charge in [-0.15, -0.1) is 0 Å². The summed E-state index contributed by atoms with van der Waals surface area (Å²) >= 11 is 0. The largest absolute Gasteiger partial charge is 0.462 e. The summed E-state index contributed by atoms with van der Waals surface area (Å²) in [7, 11) is 0. The molecule has 2 aromatic rings. The smallest absolute Gasteiger partial charge is 0.338 e. The van der Waals surface area contributed by atoms with Gasteiger partial charge in [-0.2, -0.15) is 0 Å². The van der Waals surface area contributed by atoms with E-state index in [-0.39, 0.29) is 12.6 Å². The number of rotatable bonds is 16. The normalized spacial score (nSPS) is 12.6. The minimum atomic E-state index is -0.950. The molecule has 33 heavy (non-hydrogen) atoms. The average molecular weight is 458 g/mol. The van der Waals surface area contributed by atoms with Crippen LogP contribution in [0.15, 0.2) is 60.7 Å². The van der Waals surface area contributed by atoms with Crippen LogP contribution in [-0.4, -0.2) is 54.2 Å². The number of hydrogen-bond acceptors (Lipinski definition) is 6. The Bertz CT molecular complexity index is 780. The third kappa shape index (κ3) is 9.26. The van der Waals surface area contributed by atoms with Gasteiger partial charge in [0.25, 0.3) is 0 Å². The van der Waals surface area contributed by atoms with Crippen molar-refractivity contribution in [2.75, 3.05) is 26.3 Å². The summed E-state index contributed by atoms with van der Waals surface area (Å²) in [5, 5.41) is 9.66. The third-order valence-corrected chi connectivity index (χ3v) is 5.83. The lowest BCUT2D eigenvalue weighted by Gasteiger charge is -2.30. The first kappa shape index (κ1) is 27.0. The van der Waals surface area contributed by atoms with Crippen LogP contribution >= 0.6 is 0 Å². The third-order valence-electron chi connectivity index (χ3n) is 5.83. The van der Waals surface area contributed by atoms with E-state index < -0.39 is 11.9 Å². The Morgan fingerprint density at radius 2 is 1.48 bits per heavy atom. The van der Waals surface area contributed by atoms with Crippen LogP contribution in [0.1, 0.15) is 51.2 Å². The van der Waals surface area contributed by atoms with E-state index in [9.17, 15) is 9.90 Å². The van der Waals surface area contributed by atoms with Crippen LogP contribution in [-0.2, 0) is 32.2 Å². The van der Waals surface area contributed by atoms with Gasteiger partial charge in [0, 0.05) is 19.6 Å². The lowest BCUT2D eigenvalue weighted by Crippen LogP contribution is -2.43. The van der Waals surface area contributed by atoms with Crippen LogP contribution in [0, 0.1) is 0 Å². The van der Waals surface area contributed by atoms with Crippen molar-refractivity contribution < 1.29 is 24.1 Å². The van der Waals surface area contributed by atoms with E-state index in [0.717, 1.165) is 5.56 Å². The van der Waals surface area contributed by atoms with E-state index in [1.165, 1.54) is 5.56 Å². The molecule has 0 aliphatic carbocycles. The molecule has 0 bridgehead atoms. The second-order valence-corrected chi connectivity index (χ2v) is 8.11. The molecule has 0 aromatic heterocycles. The molecule has 2 aromatic carbocycles. The molecule has 2 rings (SSSR count). The van der Waals surface area contributed by atoms with Gasteiger partial charge in [-0.3, -0.25) is 4.90 Å². The van der Waals surface area contributed by atoms with Crippen LogP contribution in [0.5, 0.6) is 0 Å². The Kier molecular flexibility index (Phi) is 12.1. The number of ether oxygens (including phenoxy) is 3. The fourth-order valence-electron chi connectivity index (χ4n) is 3.54. The van der Waals surface area contributed by atoms with Crippen LogP contribution in [0.2, 0.25) is 0 Å². The van der Waals surface area contributed by atoms with Crippen molar-refractivity contribution in [3.05, 3.63) is 71.8 Å². The molecule has 0 saturated carbocycles. The highest BCUT2D eigenvalue weighted by Crippen LogP contribution is 2.24. The molecule has 182 valence electrons. The minimum Gasteiger partial charge on any atom is -0.462 e. The number of esters is 1. The van der Waals surface area contributed by atoms with Crippen molar-refractivity contribution in [3.63, 3.8) is 0 Å². The van der Waals surface area contributed by atoms with E-state index in [0.29, 0.717) is 52.1 Å². The summed E-state index contributed by atoms with van der Waals surface area (Å²) in [5.41, 5.74) is 1.25. The van der Waals surface area contributed by atoms with Crippen molar-refractivity contribution in [2.45, 2.75) is 65.1 Å². The van der Waals surface area contributed by atoms with Crippen molar-refractivity contribution in [1.82, 2.24) is 4.90 Å². The first-order valence-corrected chi connectivity index (χ1v) is 11.9. The zero-order valence-corrected chi connectivity index (χ0v) is 20.2. The average Bonchev–Trinajstić information content (AvgIpc) is 2.86. The SMILES string of the molecule is CCC(O)OCCN(CCOC(=O)C(CC)(CC)OCc1ccccc1)Cc1ccccc1. The Hall–Kier alpha value is -2.25. The van der Waals surface area contributed by atoms with E-state index in [1.807, 2.05) is 69.3 Å². The van der Waals surface area contributed by atoms with Gasteiger partial charge < -0.3 is 19.3 Å². The maximum Gasteiger partial charge on any atom is 0.338 e. The predicted molar refractivity (Wildman–Crippen MR) is 129 cm³/mol. The molecule has 0 amide bonds. The van der Waals surface area contributed by atoms with Gasteiger partial charge in [0.1, 0.15) is 6.61 Å². The maximum atomic E-state index is 13.0. The lowest BCUT2D eigenvalue weighted by atomic mass is 9.97. The zero-order chi connectivity index (χ0) is 23.9. The molecular weight excluding hydrogens is 418 g/mol. The molecule has 0 heterocycles. The van der Waals surface area contributed by atoms with E-state index >= 15 is 0 Å². The Balaban J connectivity index is 1.91. The summed E-state index contributed by atoms with van der Waals surface area (Å²) in [6.07, 6.45) is 0.894. The number of aliphatic hydroxyl groups is 1. The number of carbonyl (C=O) groups excluding carboxylic acids is 1. The first-order chi connectivity index (χ1) is 16.0. The van der Waals surface area contributed by atoms with Crippen molar-refractivity contribution in [2.24, 2.45) is 0 Å². The Morgan fingerprint density at radius 3 is 2.06 bits per heavy atom. The lowest BCUT2D eigenvalue weighted by molar-refractivity contribution is -0.176. The summed E-state index contributed by atoms with van der Waals surface area (Å²) in [5.74, 6) is -0.319. The van der Waals surface area contributed by atoms with Gasteiger partial charge in [-0.05, 0) is 30.4 Å². The molecule has 0 aliphatic rings. The molecule has 0 aliphatic heterocycles. The van der Waals surface area contributed by atoms with Gasteiger partial charge in [0.2, 0.25) is 0 Å². The molecule has 1 atom stereocenters. The molecule has 0 spiro atoms. The summed E-state index contributed by atoms with van der Waals surface area (Å²) in [4.78, 5) is 15.2. The number of benzene rings is 2. The molecule has 1 N–H and O–H groups in total. The molecule has 0 radical (unpaired) electrons. The minimum absolute atomic E-state index is 0.262. The molecular formula is C27H39NO5. The van der Waals surface area contributed by atoms with Crippen molar-refractivity contribution in [1.29, 1.82) is 0 Å². The fraction of sp³-hybridized carbons (Fsp3) is 0.519. The standard InChI is InChI=1S/C27H39NO5/c1-4-25(29)31-19-17-28(21-23-13-9-7-10-14-23)18-20-32-26(30)27(5-2,6-3)33-22-24-15-11-8-12-16-24/h7-16,25,29H,4-6,17-22H2,1-3H3. The Morgan fingerprint density at radius 1 is 0.909 bits per heavy atom. The second kappa shape index (κ2) is 14.8. The van der Waals surface area contributed by atoms with Crippen molar-refractivity contribution in [3.8, 4) is 0 Å². The summed E-state index contributed by atoms with van der Waals surface area (Å²) in [6, 6.07) is 20.0. The topological polar surface area (TPSA) is 68.2 Å². The van der Waals surface area contributed by atoms with Crippen LogP contribution in [0.3, 0.4) is 0 Å². The molecule has 0 saturated heterocycles. The highest BCUT2D eigenvalue weighted by atomic mass is 16.6. The predicted octanol–water partition coefficient (Wildman–Crippen LogP) is 4.55. The van der Waals surface area contributed by atoms with E-state index in [1.54, 1.807) is 0 Å². The van der Waals surface area contributed by atoms with Crippen LogP contribution in [0.25, 0.3) is 0 Å². The Labute approximate surface area is 198 Å². The van der Waals surface area contributed by atoms with Gasteiger partial charge in [0.05, 0.1) is 13.2 Å². The highest BCUT2D eigenvalue weighted by Gasteiger charge is 2.37. The second-order valence-electron chi connectivity index (χ2n) is 8.11. The van der Waals surface area contributed by atoms with E-state index in [4.69, 9.17) is 14.2 Å². The number of carbonyl (C=O) groups is 1. The molecule has 6 nitrogen and oxygen atoms in total. The highest BCUT2D eigenvalue weighted by molar-refractivity contribution is 5.79. The molecule has 0 fully saturated rings. The van der Waals surface area contributed by atoms with Gasteiger partial charge in [-0.1, -0.05) is 81.4 Å². The van der Waals surface area contributed by atoms with E-state index in [2.05, 4.69) is 17.0 Å². The molecule has 6 heteroatoms. The summed E-state index contributed by atoms with van der Waals surface area (Å²) < 4.78 is 17.2. The van der Waals surface area contributed by atoms with Crippen molar-refractivity contribution >= 4 is 5.97 Å². The number of aliphatic hydroxyl groups excluding tert-OH is 1. The monoisotopic (exact) mass is 457 g/mol. The zero-order valence-electron chi connectivity index (χ0n) is 20.2. The first-order valence-electron chi connectivity index (χ1n) is 11.9.